The van der Waals surface area contributed by atoms with Gasteiger partial charge in [-0.25, -0.2) is 4.99 Å². The van der Waals surface area contributed by atoms with Gasteiger partial charge < -0.3 is 5.32 Å². The van der Waals surface area contributed by atoms with Gasteiger partial charge in [-0.1, -0.05) is 59.9 Å². The molecule has 1 amide bonds. The van der Waals surface area contributed by atoms with Crippen molar-refractivity contribution in [3.63, 3.8) is 0 Å². The number of nitrogens with one attached hydrogen (secondary N) is 1. The fraction of sp³-hybridized carbons (Fsp3) is 0.105. The Hall–Kier alpha value is -2.99. The number of hydrogen-bond donors (Lipinski definition) is 1. The Bertz CT molecular complexity index is 1110. The Labute approximate surface area is 147 Å². The molecule has 0 saturated carbocycles. The van der Waals surface area contributed by atoms with Crippen molar-refractivity contribution in [1.82, 2.24) is 9.88 Å². The molecule has 124 valence electrons. The molecule has 0 radical (unpaired) electrons. The number of rotatable bonds is 3. The second kappa shape index (κ2) is 6.49. The van der Waals surface area contributed by atoms with E-state index in [4.69, 9.17) is 0 Å². The molecule has 0 saturated heterocycles. The van der Waals surface area contributed by atoms with E-state index in [1.54, 1.807) is 4.57 Å². The first kappa shape index (κ1) is 15.5. The van der Waals surface area contributed by atoms with Crippen molar-refractivity contribution in [2.45, 2.75) is 13.1 Å². The summed E-state index contributed by atoms with van der Waals surface area (Å²) in [6, 6.07) is 17.4. The van der Waals surface area contributed by atoms with Crippen LogP contribution in [0.1, 0.15) is 11.1 Å². The highest BCUT2D eigenvalue weighted by molar-refractivity contribution is 7.07. The third kappa shape index (κ3) is 3.16. The van der Waals surface area contributed by atoms with Crippen LogP contribution in [0.2, 0.25) is 0 Å². The van der Waals surface area contributed by atoms with Crippen LogP contribution in [0.5, 0.6) is 0 Å². The van der Waals surface area contributed by atoms with Crippen LogP contribution >= 0.6 is 11.3 Å². The number of carbonyl (C=O) groups is 1. The first-order chi connectivity index (χ1) is 12.2. The molecule has 2 heterocycles. The summed E-state index contributed by atoms with van der Waals surface area (Å²) in [6.45, 7) is 0.919. The number of aromatic nitrogens is 1. The highest BCUT2D eigenvalue weighted by Gasteiger charge is 2.14. The molecule has 0 unspecified atom stereocenters. The summed E-state index contributed by atoms with van der Waals surface area (Å²) in [6.07, 6.45) is 1.36. The van der Waals surface area contributed by atoms with E-state index in [0.29, 0.717) is 22.4 Å². The van der Waals surface area contributed by atoms with Gasteiger partial charge in [0, 0.05) is 12.6 Å². The van der Waals surface area contributed by atoms with Crippen LogP contribution in [0, 0.1) is 0 Å². The molecule has 1 aromatic heterocycles. The van der Waals surface area contributed by atoms with Crippen molar-refractivity contribution in [3.8, 4) is 0 Å². The van der Waals surface area contributed by atoms with Gasteiger partial charge in [0.25, 0.3) is 5.56 Å². The first-order valence-corrected chi connectivity index (χ1v) is 8.72. The van der Waals surface area contributed by atoms with Crippen LogP contribution in [0.4, 0.5) is 5.69 Å². The summed E-state index contributed by atoms with van der Waals surface area (Å²) < 4.78 is 2.01. The lowest BCUT2D eigenvalue weighted by atomic mass is 10.1. The molecule has 0 aliphatic carbocycles. The van der Waals surface area contributed by atoms with Crippen molar-refractivity contribution < 1.29 is 4.79 Å². The molecular weight excluding hydrogens is 334 g/mol. The third-order valence-corrected chi connectivity index (χ3v) is 5.00. The molecule has 25 heavy (non-hydrogen) atoms. The maximum absolute atomic E-state index is 12.5. The van der Waals surface area contributed by atoms with Crippen LogP contribution in [0.3, 0.4) is 0 Å². The second-order valence-corrected chi connectivity index (χ2v) is 6.74. The SMILES string of the molecule is O=C(/C=c1\sc2n(c1=O)Cc1ccccc1N=2)NCc1ccccc1. The number of nitrogens with zero attached hydrogens (tertiary/aromatic N) is 2. The summed E-state index contributed by atoms with van der Waals surface area (Å²) in [5.41, 5.74) is 2.73. The van der Waals surface area contributed by atoms with Crippen molar-refractivity contribution in [2.24, 2.45) is 4.99 Å². The van der Waals surface area contributed by atoms with E-state index < -0.39 is 0 Å². The number of benzene rings is 2. The molecule has 6 heteroatoms. The lowest BCUT2D eigenvalue weighted by Gasteiger charge is -2.10. The van der Waals surface area contributed by atoms with Crippen molar-refractivity contribution >= 4 is 29.0 Å². The Balaban J connectivity index is 1.61. The van der Waals surface area contributed by atoms with E-state index >= 15 is 0 Å². The van der Waals surface area contributed by atoms with Crippen molar-refractivity contribution in [2.75, 3.05) is 0 Å². The summed E-state index contributed by atoms with van der Waals surface area (Å²) in [7, 11) is 0. The monoisotopic (exact) mass is 349 g/mol. The number of thiazole rings is 1. The second-order valence-electron chi connectivity index (χ2n) is 5.73. The van der Waals surface area contributed by atoms with E-state index in [2.05, 4.69) is 10.3 Å². The predicted molar refractivity (Wildman–Crippen MR) is 97.3 cm³/mol. The molecule has 4 rings (SSSR count). The molecule has 1 aliphatic heterocycles. The fourth-order valence-electron chi connectivity index (χ4n) is 2.71. The number of para-hydroxylation sites is 1. The molecular formula is C19H15N3O2S. The minimum atomic E-state index is -0.280. The molecule has 1 N–H and O–H groups in total. The molecule has 5 nitrogen and oxygen atoms in total. The van der Waals surface area contributed by atoms with Crippen LogP contribution in [0.25, 0.3) is 6.08 Å². The van der Waals surface area contributed by atoms with E-state index in [0.717, 1.165) is 16.8 Å². The van der Waals surface area contributed by atoms with E-state index in [9.17, 15) is 9.59 Å². The largest absolute Gasteiger partial charge is 0.348 e. The number of fused-ring (bicyclic) bond motifs is 2. The summed E-state index contributed by atoms with van der Waals surface area (Å²) in [5.74, 6) is -0.280. The zero-order valence-corrected chi connectivity index (χ0v) is 14.1. The molecule has 0 atom stereocenters. The van der Waals surface area contributed by atoms with Gasteiger partial charge >= 0.3 is 0 Å². The standard InChI is InChI=1S/C19H15N3O2S/c23-17(20-11-13-6-2-1-3-7-13)10-16-18(24)22-12-14-8-4-5-9-15(14)21-19(22)25-16/h1-10H,11-12H2,(H,20,23)/b16-10-. The molecule has 1 aliphatic rings. The minimum absolute atomic E-state index is 0.173. The lowest BCUT2D eigenvalue weighted by Crippen LogP contribution is -2.34. The molecule has 0 bridgehead atoms. The quantitative estimate of drug-likeness (QED) is 0.606. The smallest absolute Gasteiger partial charge is 0.270 e. The Morgan fingerprint density at radius 2 is 1.92 bits per heavy atom. The number of hydrogen-bond acceptors (Lipinski definition) is 4. The summed E-state index contributed by atoms with van der Waals surface area (Å²) in [4.78, 5) is 29.8. The van der Waals surface area contributed by atoms with E-state index in [1.165, 1.54) is 17.4 Å². The van der Waals surface area contributed by atoms with Crippen LogP contribution in [0.15, 0.2) is 64.4 Å². The average molecular weight is 349 g/mol. The Morgan fingerprint density at radius 1 is 1.16 bits per heavy atom. The molecule has 0 spiro atoms. The van der Waals surface area contributed by atoms with Gasteiger partial charge in [0.15, 0.2) is 4.80 Å². The van der Waals surface area contributed by atoms with Crippen LogP contribution < -0.4 is 20.2 Å². The average Bonchev–Trinajstić information content (AvgIpc) is 2.94. The van der Waals surface area contributed by atoms with Crippen LogP contribution in [-0.4, -0.2) is 10.5 Å². The van der Waals surface area contributed by atoms with Gasteiger partial charge in [0.1, 0.15) is 4.53 Å². The maximum atomic E-state index is 12.5. The van der Waals surface area contributed by atoms with E-state index in [1.807, 2.05) is 54.6 Å². The van der Waals surface area contributed by atoms with Gasteiger partial charge in [-0.05, 0) is 17.2 Å². The summed E-state index contributed by atoms with van der Waals surface area (Å²) in [5, 5.41) is 2.81. The van der Waals surface area contributed by atoms with Crippen molar-refractivity contribution in [1.29, 1.82) is 0 Å². The number of amides is 1. The Morgan fingerprint density at radius 3 is 2.76 bits per heavy atom. The fourth-order valence-corrected chi connectivity index (χ4v) is 3.67. The minimum Gasteiger partial charge on any atom is -0.348 e. The predicted octanol–water partition coefficient (Wildman–Crippen LogP) is 1.32. The first-order valence-electron chi connectivity index (χ1n) is 7.90. The van der Waals surface area contributed by atoms with E-state index in [-0.39, 0.29) is 11.5 Å². The van der Waals surface area contributed by atoms with Gasteiger partial charge in [0.05, 0.1) is 12.2 Å². The summed E-state index contributed by atoms with van der Waals surface area (Å²) >= 11 is 1.24. The highest BCUT2D eigenvalue weighted by Crippen LogP contribution is 2.20. The van der Waals surface area contributed by atoms with Crippen molar-refractivity contribution in [3.05, 3.63) is 85.4 Å². The van der Waals surface area contributed by atoms with Gasteiger partial charge in [-0.2, -0.15) is 0 Å². The topological polar surface area (TPSA) is 63.5 Å². The lowest BCUT2D eigenvalue weighted by molar-refractivity contribution is -0.115. The number of carbonyl (C=O) groups excluding carboxylic acids is 1. The normalized spacial score (nSPS) is 12.9. The van der Waals surface area contributed by atoms with Gasteiger partial charge in [-0.15, -0.1) is 0 Å². The highest BCUT2D eigenvalue weighted by atomic mass is 32.1. The van der Waals surface area contributed by atoms with Crippen LogP contribution in [-0.2, 0) is 17.9 Å². The maximum Gasteiger partial charge on any atom is 0.270 e. The molecule has 2 aromatic carbocycles. The molecule has 3 aromatic rings. The zero-order valence-electron chi connectivity index (χ0n) is 13.3. The zero-order chi connectivity index (χ0) is 17.2. The van der Waals surface area contributed by atoms with Gasteiger partial charge in [0.2, 0.25) is 5.91 Å². The van der Waals surface area contributed by atoms with Gasteiger partial charge in [-0.3, -0.25) is 14.2 Å². The molecule has 0 fully saturated rings. The Kier molecular flexibility index (Phi) is 4.03. The third-order valence-electron chi connectivity index (χ3n) is 4.00.